The number of benzene rings is 1. The summed E-state index contributed by atoms with van der Waals surface area (Å²) in [7, 11) is 0. The average molecular weight is 283 g/mol. The van der Waals surface area contributed by atoms with Crippen molar-refractivity contribution in [2.24, 2.45) is 5.10 Å². The number of hydrogen-bond acceptors (Lipinski definition) is 4. The number of carbonyl (C=O) groups excluding carboxylic acids is 1. The number of nitrogens with zero attached hydrogens (tertiary/aromatic N) is 1. The lowest BCUT2D eigenvalue weighted by Crippen LogP contribution is -2.30. The fraction of sp³-hybridized carbons (Fsp3) is 0.133. The Kier molecular flexibility index (Phi) is 3.27. The van der Waals surface area contributed by atoms with Crippen molar-refractivity contribution in [3.8, 4) is 11.1 Å². The van der Waals surface area contributed by atoms with Gasteiger partial charge in [-0.1, -0.05) is 12.1 Å². The molecule has 1 amide bonds. The molecular weight excluding hydrogens is 270 g/mol. The van der Waals surface area contributed by atoms with Crippen LogP contribution in [0.15, 0.2) is 46.4 Å². The van der Waals surface area contributed by atoms with E-state index < -0.39 is 6.09 Å². The number of H-pyrrole nitrogens is 1. The first-order chi connectivity index (χ1) is 10.1. The number of carbonyl (C=O) groups is 1. The number of hydrazone groups is 1. The van der Waals surface area contributed by atoms with E-state index in [2.05, 4.69) is 15.5 Å². The molecular formula is C15H13N3O3. The van der Waals surface area contributed by atoms with Crippen molar-refractivity contribution in [3.63, 3.8) is 0 Å². The van der Waals surface area contributed by atoms with E-state index in [1.165, 1.54) is 6.07 Å². The molecule has 0 unspecified atom stereocenters. The van der Waals surface area contributed by atoms with Gasteiger partial charge in [0.25, 0.3) is 0 Å². The minimum atomic E-state index is -0.541. The van der Waals surface area contributed by atoms with Crippen molar-refractivity contribution in [2.45, 2.75) is 6.92 Å². The fourth-order valence-corrected chi connectivity index (χ4v) is 2.20. The van der Waals surface area contributed by atoms with Crippen molar-refractivity contribution in [1.29, 1.82) is 0 Å². The molecule has 106 valence electrons. The Bertz CT molecular complexity index is 772. The van der Waals surface area contributed by atoms with E-state index in [0.29, 0.717) is 5.71 Å². The van der Waals surface area contributed by atoms with E-state index in [1.54, 1.807) is 12.3 Å². The predicted octanol–water partition coefficient (Wildman–Crippen LogP) is 1.79. The summed E-state index contributed by atoms with van der Waals surface area (Å²) in [6.45, 7) is 2.13. The Hall–Kier alpha value is -2.89. The Morgan fingerprint density at radius 2 is 1.95 bits per heavy atom. The lowest BCUT2D eigenvalue weighted by atomic mass is 9.98. The van der Waals surface area contributed by atoms with E-state index >= 15 is 0 Å². The van der Waals surface area contributed by atoms with Gasteiger partial charge in [0.1, 0.15) is 12.3 Å². The molecule has 1 aliphatic rings. The molecule has 0 fully saturated rings. The second kappa shape index (κ2) is 5.24. The highest BCUT2D eigenvalue weighted by atomic mass is 16.6. The molecule has 3 rings (SSSR count). The fourth-order valence-electron chi connectivity index (χ4n) is 2.20. The van der Waals surface area contributed by atoms with Crippen LogP contribution in [0.4, 0.5) is 4.79 Å². The summed E-state index contributed by atoms with van der Waals surface area (Å²) in [6.07, 6.45) is 1.14. The summed E-state index contributed by atoms with van der Waals surface area (Å²) in [6, 6.07) is 9.12. The van der Waals surface area contributed by atoms with Gasteiger partial charge in [0.15, 0.2) is 0 Å². The monoisotopic (exact) mass is 283 g/mol. The normalized spacial score (nSPS) is 14.1. The Labute approximate surface area is 120 Å². The molecule has 0 saturated carbocycles. The highest BCUT2D eigenvalue weighted by Gasteiger charge is 2.14. The van der Waals surface area contributed by atoms with E-state index in [0.717, 1.165) is 22.3 Å². The van der Waals surface area contributed by atoms with Gasteiger partial charge in [0.05, 0.1) is 0 Å². The molecule has 0 saturated heterocycles. The maximum atomic E-state index is 11.1. The van der Waals surface area contributed by atoms with E-state index in [-0.39, 0.29) is 12.2 Å². The molecule has 1 aromatic carbocycles. The molecule has 2 N–H and O–H groups in total. The van der Waals surface area contributed by atoms with Crippen molar-refractivity contribution < 1.29 is 9.53 Å². The third kappa shape index (κ3) is 2.69. The molecule has 0 bridgehead atoms. The van der Waals surface area contributed by atoms with Gasteiger partial charge >= 0.3 is 6.09 Å². The number of cyclic esters (lactones) is 1. The maximum absolute atomic E-state index is 11.1. The minimum Gasteiger partial charge on any atom is -0.442 e. The summed E-state index contributed by atoms with van der Waals surface area (Å²) < 4.78 is 4.89. The van der Waals surface area contributed by atoms with Crippen LogP contribution in [0.25, 0.3) is 11.1 Å². The van der Waals surface area contributed by atoms with Crippen molar-refractivity contribution in [2.75, 3.05) is 6.61 Å². The number of ether oxygens (including phenoxy) is 1. The number of hydrogen-bond donors (Lipinski definition) is 2. The number of amides is 1. The van der Waals surface area contributed by atoms with Crippen LogP contribution in [-0.2, 0) is 4.74 Å². The predicted molar refractivity (Wildman–Crippen MR) is 78.3 cm³/mol. The van der Waals surface area contributed by atoms with Gasteiger partial charge in [0.2, 0.25) is 5.56 Å². The van der Waals surface area contributed by atoms with E-state index in [9.17, 15) is 9.59 Å². The van der Waals surface area contributed by atoms with Gasteiger partial charge in [-0.15, -0.1) is 0 Å². The number of pyridine rings is 1. The van der Waals surface area contributed by atoms with Crippen LogP contribution < -0.4 is 11.0 Å². The first-order valence-corrected chi connectivity index (χ1v) is 6.43. The van der Waals surface area contributed by atoms with Gasteiger partial charge in [0, 0.05) is 17.8 Å². The standard InChI is InChI=1S/C15H13N3O3/c1-9-6-10(13-8-21-15(20)18-17-13)2-4-12(9)11-3-5-14(19)16-7-11/h2-7H,8H2,1H3,(H,16,19)(H,18,20). The largest absolute Gasteiger partial charge is 0.442 e. The molecule has 6 heteroatoms. The Morgan fingerprint density at radius 1 is 1.14 bits per heavy atom. The average Bonchev–Trinajstić information content (AvgIpc) is 2.49. The highest BCUT2D eigenvalue weighted by Crippen LogP contribution is 2.23. The van der Waals surface area contributed by atoms with Crippen LogP contribution in [0.1, 0.15) is 11.1 Å². The van der Waals surface area contributed by atoms with Gasteiger partial charge in [-0.05, 0) is 35.7 Å². The van der Waals surface area contributed by atoms with Gasteiger partial charge in [-0.3, -0.25) is 4.79 Å². The molecule has 0 aliphatic carbocycles. The van der Waals surface area contributed by atoms with Gasteiger partial charge < -0.3 is 9.72 Å². The Balaban J connectivity index is 1.95. The van der Waals surface area contributed by atoms with Crippen LogP contribution in [0, 0.1) is 6.92 Å². The number of aryl methyl sites for hydroxylation is 1. The number of aromatic nitrogens is 1. The van der Waals surface area contributed by atoms with E-state index in [1.807, 2.05) is 25.1 Å². The van der Waals surface area contributed by atoms with Crippen LogP contribution in [0.3, 0.4) is 0 Å². The van der Waals surface area contributed by atoms with Gasteiger partial charge in [-0.25, -0.2) is 10.2 Å². The first-order valence-electron chi connectivity index (χ1n) is 6.43. The third-order valence-electron chi connectivity index (χ3n) is 3.28. The molecule has 1 aromatic heterocycles. The second-order valence-electron chi connectivity index (χ2n) is 4.72. The molecule has 0 atom stereocenters. The summed E-state index contributed by atoms with van der Waals surface area (Å²) in [5.74, 6) is 0. The zero-order valence-corrected chi connectivity index (χ0v) is 11.3. The lowest BCUT2D eigenvalue weighted by molar-refractivity contribution is 0.157. The van der Waals surface area contributed by atoms with Crippen LogP contribution >= 0.6 is 0 Å². The van der Waals surface area contributed by atoms with Crippen LogP contribution in [-0.4, -0.2) is 23.4 Å². The molecule has 6 nitrogen and oxygen atoms in total. The molecule has 21 heavy (non-hydrogen) atoms. The molecule has 1 aliphatic heterocycles. The molecule has 0 spiro atoms. The van der Waals surface area contributed by atoms with Gasteiger partial charge in [-0.2, -0.15) is 5.10 Å². The van der Waals surface area contributed by atoms with E-state index in [4.69, 9.17) is 4.74 Å². The summed E-state index contributed by atoms with van der Waals surface area (Å²) in [5, 5.41) is 3.98. The second-order valence-corrected chi connectivity index (χ2v) is 4.72. The van der Waals surface area contributed by atoms with Crippen molar-refractivity contribution >= 4 is 11.8 Å². The number of rotatable bonds is 2. The smallest absolute Gasteiger partial charge is 0.428 e. The summed E-state index contributed by atoms with van der Waals surface area (Å²) >= 11 is 0. The summed E-state index contributed by atoms with van der Waals surface area (Å²) in [4.78, 5) is 24.7. The molecule has 2 heterocycles. The topological polar surface area (TPSA) is 83.5 Å². The first kappa shape index (κ1) is 13.1. The third-order valence-corrected chi connectivity index (χ3v) is 3.28. The molecule has 2 aromatic rings. The minimum absolute atomic E-state index is 0.127. The summed E-state index contributed by atoms with van der Waals surface area (Å²) in [5.41, 5.74) is 6.73. The highest BCUT2D eigenvalue weighted by molar-refractivity contribution is 6.04. The van der Waals surface area contributed by atoms with Crippen molar-refractivity contribution in [3.05, 3.63) is 58.0 Å². The number of nitrogens with one attached hydrogen (secondary N) is 2. The maximum Gasteiger partial charge on any atom is 0.428 e. The SMILES string of the molecule is Cc1cc(C2=NNC(=O)OC2)ccc1-c1ccc(=O)[nH]c1. The zero-order valence-electron chi connectivity index (χ0n) is 11.3. The lowest BCUT2D eigenvalue weighted by Gasteiger charge is -2.14. The van der Waals surface area contributed by atoms with Crippen molar-refractivity contribution in [1.82, 2.24) is 10.4 Å². The Morgan fingerprint density at radius 3 is 2.57 bits per heavy atom. The van der Waals surface area contributed by atoms with Crippen LogP contribution in [0.2, 0.25) is 0 Å². The number of aromatic amines is 1. The zero-order chi connectivity index (χ0) is 14.8. The quantitative estimate of drug-likeness (QED) is 0.881. The molecule has 0 radical (unpaired) electrons. The van der Waals surface area contributed by atoms with Crippen LogP contribution in [0.5, 0.6) is 0 Å².